The second-order valence-corrected chi connectivity index (χ2v) is 6.05. The summed E-state index contributed by atoms with van der Waals surface area (Å²) in [5.41, 5.74) is 6.18. The molecule has 0 aliphatic heterocycles. The molecule has 0 amide bonds. The molecule has 1 heterocycles. The molecule has 0 radical (unpaired) electrons. The summed E-state index contributed by atoms with van der Waals surface area (Å²) in [7, 11) is -4.39. The van der Waals surface area contributed by atoms with Crippen molar-refractivity contribution in [1.82, 2.24) is 9.97 Å². The summed E-state index contributed by atoms with van der Waals surface area (Å²) < 4.78 is 53.1. The van der Waals surface area contributed by atoms with Gasteiger partial charge in [0.25, 0.3) is 10.0 Å². The van der Waals surface area contributed by atoms with Crippen molar-refractivity contribution in [1.29, 1.82) is 0 Å². The van der Waals surface area contributed by atoms with Crippen LogP contribution in [0.4, 0.5) is 20.4 Å². The zero-order valence-corrected chi connectivity index (χ0v) is 12.0. The van der Waals surface area contributed by atoms with Crippen molar-refractivity contribution in [2.24, 2.45) is 0 Å². The molecule has 9 heteroatoms. The van der Waals surface area contributed by atoms with Crippen LogP contribution in [-0.2, 0) is 10.0 Å². The molecule has 21 heavy (non-hydrogen) atoms. The second kappa shape index (κ2) is 5.24. The molecule has 0 bridgehead atoms. The van der Waals surface area contributed by atoms with Crippen LogP contribution in [0, 0.1) is 25.5 Å². The van der Waals surface area contributed by atoms with E-state index in [1.807, 2.05) is 4.72 Å². The van der Waals surface area contributed by atoms with Gasteiger partial charge in [0.2, 0.25) is 5.95 Å². The minimum absolute atomic E-state index is 0.212. The van der Waals surface area contributed by atoms with Crippen LogP contribution in [0.2, 0.25) is 0 Å². The molecular formula is C12H12F2N4O2S. The van der Waals surface area contributed by atoms with Gasteiger partial charge in [-0.1, -0.05) is 0 Å². The summed E-state index contributed by atoms with van der Waals surface area (Å²) in [5, 5.41) is 0. The third-order valence-electron chi connectivity index (χ3n) is 2.51. The Morgan fingerprint density at radius 1 is 1.10 bits per heavy atom. The van der Waals surface area contributed by atoms with E-state index in [9.17, 15) is 17.2 Å². The van der Waals surface area contributed by atoms with E-state index in [1.165, 1.54) is 0 Å². The summed E-state index contributed by atoms with van der Waals surface area (Å²) >= 11 is 0. The van der Waals surface area contributed by atoms with Crippen LogP contribution in [0.1, 0.15) is 11.4 Å². The molecule has 1 aromatic heterocycles. The molecule has 2 rings (SSSR count). The van der Waals surface area contributed by atoms with Gasteiger partial charge in [0, 0.05) is 17.1 Å². The van der Waals surface area contributed by atoms with Crippen LogP contribution in [-0.4, -0.2) is 18.4 Å². The van der Waals surface area contributed by atoms with E-state index in [-0.39, 0.29) is 11.6 Å². The molecular weight excluding hydrogens is 302 g/mol. The van der Waals surface area contributed by atoms with Crippen molar-refractivity contribution in [3.05, 3.63) is 41.2 Å². The van der Waals surface area contributed by atoms with Crippen LogP contribution in [0.15, 0.2) is 23.1 Å². The van der Waals surface area contributed by atoms with Gasteiger partial charge in [-0.15, -0.1) is 0 Å². The van der Waals surface area contributed by atoms with E-state index in [4.69, 9.17) is 5.73 Å². The molecule has 0 fully saturated rings. The fraction of sp³-hybridized carbons (Fsp3) is 0.167. The predicted octanol–water partition coefficient (Wildman–Crippen LogP) is 1.75. The van der Waals surface area contributed by atoms with E-state index < -0.39 is 26.6 Å². The maximum Gasteiger partial charge on any atom is 0.267 e. The Hall–Kier alpha value is -2.29. The number of anilines is 2. The summed E-state index contributed by atoms with van der Waals surface area (Å²) in [6.45, 7) is 3.29. The molecule has 0 unspecified atom stereocenters. The van der Waals surface area contributed by atoms with Crippen molar-refractivity contribution in [3.63, 3.8) is 0 Å². The maximum absolute atomic E-state index is 13.6. The largest absolute Gasteiger partial charge is 0.399 e. The minimum Gasteiger partial charge on any atom is -0.399 e. The molecule has 0 aliphatic carbocycles. The highest BCUT2D eigenvalue weighted by molar-refractivity contribution is 7.92. The highest BCUT2D eigenvalue weighted by Crippen LogP contribution is 2.22. The van der Waals surface area contributed by atoms with Gasteiger partial charge in [-0.3, -0.25) is 0 Å². The summed E-state index contributed by atoms with van der Waals surface area (Å²) in [5.74, 6) is -3.09. The first kappa shape index (κ1) is 15.1. The quantitative estimate of drug-likeness (QED) is 0.841. The van der Waals surface area contributed by atoms with Crippen LogP contribution >= 0.6 is 0 Å². The zero-order valence-electron chi connectivity index (χ0n) is 11.2. The molecule has 0 aliphatic rings. The van der Waals surface area contributed by atoms with Gasteiger partial charge in [-0.25, -0.2) is 31.9 Å². The molecule has 0 saturated heterocycles. The van der Waals surface area contributed by atoms with Gasteiger partial charge in [-0.05, 0) is 32.0 Å². The maximum atomic E-state index is 13.6. The first-order valence-electron chi connectivity index (χ1n) is 5.78. The minimum atomic E-state index is -4.39. The number of nitrogens with one attached hydrogen (secondary N) is 1. The van der Waals surface area contributed by atoms with Crippen molar-refractivity contribution >= 4 is 21.7 Å². The van der Waals surface area contributed by atoms with Crippen molar-refractivity contribution in [2.75, 3.05) is 10.5 Å². The van der Waals surface area contributed by atoms with Gasteiger partial charge in [0.1, 0.15) is 4.90 Å². The number of nitrogens with zero attached hydrogens (tertiary/aromatic N) is 2. The lowest BCUT2D eigenvalue weighted by Crippen LogP contribution is -2.18. The Morgan fingerprint density at radius 3 is 2.24 bits per heavy atom. The molecule has 6 nitrogen and oxygen atoms in total. The Labute approximate surface area is 120 Å². The van der Waals surface area contributed by atoms with Gasteiger partial charge in [0.15, 0.2) is 11.6 Å². The third-order valence-corrected chi connectivity index (χ3v) is 3.84. The van der Waals surface area contributed by atoms with E-state index in [0.717, 1.165) is 6.07 Å². The summed E-state index contributed by atoms with van der Waals surface area (Å²) in [4.78, 5) is 6.84. The Bertz CT molecular complexity index is 789. The molecule has 0 spiro atoms. The first-order valence-corrected chi connectivity index (χ1v) is 7.27. The number of benzene rings is 1. The lowest BCUT2D eigenvalue weighted by Gasteiger charge is -2.09. The average Bonchev–Trinajstić information content (AvgIpc) is 2.31. The number of aromatic nitrogens is 2. The third kappa shape index (κ3) is 3.24. The Morgan fingerprint density at radius 2 is 1.67 bits per heavy atom. The highest BCUT2D eigenvalue weighted by Gasteiger charge is 2.24. The molecule has 1 aromatic carbocycles. The summed E-state index contributed by atoms with van der Waals surface area (Å²) in [6, 6.07) is 3.16. The van der Waals surface area contributed by atoms with Gasteiger partial charge in [-0.2, -0.15) is 0 Å². The smallest absolute Gasteiger partial charge is 0.267 e. The standard InChI is InChI=1S/C12H12F2N4O2S/c1-6-3-7(2)17-12(16-6)18-21(19,20)10-5-8(15)4-9(13)11(10)14/h3-5H,15H2,1-2H3,(H,16,17,18). The number of hydrogen-bond donors (Lipinski definition) is 2. The molecule has 2 aromatic rings. The number of halogens is 2. The summed E-state index contributed by atoms with van der Waals surface area (Å²) in [6.07, 6.45) is 0. The van der Waals surface area contributed by atoms with Gasteiger partial charge in [0.05, 0.1) is 0 Å². The van der Waals surface area contributed by atoms with E-state index in [2.05, 4.69) is 9.97 Å². The van der Waals surface area contributed by atoms with E-state index in [0.29, 0.717) is 17.5 Å². The van der Waals surface area contributed by atoms with E-state index >= 15 is 0 Å². The lowest BCUT2D eigenvalue weighted by atomic mass is 10.3. The van der Waals surface area contributed by atoms with Gasteiger partial charge >= 0.3 is 0 Å². The normalized spacial score (nSPS) is 11.4. The molecule has 0 saturated carbocycles. The fourth-order valence-corrected chi connectivity index (χ4v) is 2.79. The number of aryl methyl sites for hydroxylation is 2. The molecule has 112 valence electrons. The number of hydrogen-bond acceptors (Lipinski definition) is 5. The lowest BCUT2D eigenvalue weighted by molar-refractivity contribution is 0.486. The second-order valence-electron chi connectivity index (χ2n) is 4.39. The Kier molecular flexibility index (Phi) is 3.77. The monoisotopic (exact) mass is 314 g/mol. The van der Waals surface area contributed by atoms with Crippen LogP contribution in [0.25, 0.3) is 0 Å². The Balaban J connectivity index is 2.48. The molecule has 3 N–H and O–H groups in total. The highest BCUT2D eigenvalue weighted by atomic mass is 32.2. The zero-order chi connectivity index (χ0) is 15.8. The van der Waals surface area contributed by atoms with Crippen molar-refractivity contribution < 1.29 is 17.2 Å². The molecule has 0 atom stereocenters. The van der Waals surface area contributed by atoms with E-state index in [1.54, 1.807) is 19.9 Å². The van der Waals surface area contributed by atoms with Crippen molar-refractivity contribution in [2.45, 2.75) is 18.7 Å². The van der Waals surface area contributed by atoms with Gasteiger partial charge < -0.3 is 5.73 Å². The fourth-order valence-electron chi connectivity index (χ4n) is 1.73. The number of nitrogens with two attached hydrogens (primary N) is 1. The number of nitrogen functional groups attached to an aromatic ring is 1. The van der Waals surface area contributed by atoms with Crippen LogP contribution in [0.3, 0.4) is 0 Å². The van der Waals surface area contributed by atoms with Crippen LogP contribution < -0.4 is 10.5 Å². The number of rotatable bonds is 3. The number of sulfonamides is 1. The predicted molar refractivity (Wildman–Crippen MR) is 73.1 cm³/mol. The topological polar surface area (TPSA) is 98.0 Å². The first-order chi connectivity index (χ1) is 9.69. The average molecular weight is 314 g/mol. The SMILES string of the molecule is Cc1cc(C)nc(NS(=O)(=O)c2cc(N)cc(F)c2F)n1. The van der Waals surface area contributed by atoms with Crippen molar-refractivity contribution in [3.8, 4) is 0 Å². The van der Waals surface area contributed by atoms with Crippen LogP contribution in [0.5, 0.6) is 0 Å².